The van der Waals surface area contributed by atoms with Crippen LogP contribution in [0.3, 0.4) is 0 Å². The summed E-state index contributed by atoms with van der Waals surface area (Å²) in [5, 5.41) is 13.2. The van der Waals surface area contributed by atoms with Gasteiger partial charge in [0.1, 0.15) is 11.4 Å². The Labute approximate surface area is 216 Å². The number of amides is 1. The molecule has 1 aliphatic heterocycles. The molecule has 2 aromatic heterocycles. The molecule has 6 nitrogen and oxygen atoms in total. The van der Waals surface area contributed by atoms with Crippen LogP contribution in [0.5, 0.6) is 0 Å². The predicted octanol–water partition coefficient (Wildman–Crippen LogP) is 5.45. The fraction of sp³-hybridized carbons (Fsp3) is 0.321. The van der Waals surface area contributed by atoms with Crippen molar-refractivity contribution in [2.75, 3.05) is 13.1 Å². The molecular weight excluding hydrogens is 500 g/mol. The highest BCUT2D eigenvalue weighted by Crippen LogP contribution is 2.37. The molecule has 0 unspecified atom stereocenters. The zero-order valence-corrected chi connectivity index (χ0v) is 20.7. The van der Waals surface area contributed by atoms with E-state index in [0.29, 0.717) is 53.6 Å². The van der Waals surface area contributed by atoms with Crippen LogP contribution in [0.2, 0.25) is 0 Å². The van der Waals surface area contributed by atoms with E-state index in [1.54, 1.807) is 47.4 Å². The van der Waals surface area contributed by atoms with Gasteiger partial charge in [-0.1, -0.05) is 42.5 Å². The monoisotopic (exact) mass is 526 g/mol. The maximum atomic E-state index is 14.2. The molecule has 0 bridgehead atoms. The van der Waals surface area contributed by atoms with Crippen LogP contribution in [0.4, 0.5) is 17.6 Å². The van der Waals surface area contributed by atoms with Crippen LogP contribution in [-0.2, 0) is 19.2 Å². The Morgan fingerprint density at radius 1 is 1.08 bits per heavy atom. The Hall–Kier alpha value is -3.79. The molecule has 0 radical (unpaired) electrons. The molecule has 0 atom stereocenters. The fourth-order valence-corrected chi connectivity index (χ4v) is 5.09. The van der Waals surface area contributed by atoms with Crippen molar-refractivity contribution in [3.05, 3.63) is 88.5 Å². The number of aromatic nitrogens is 3. The van der Waals surface area contributed by atoms with Crippen molar-refractivity contribution in [1.29, 1.82) is 0 Å². The third kappa shape index (κ3) is 4.88. The summed E-state index contributed by atoms with van der Waals surface area (Å²) in [4.78, 5) is 19.5. The first kappa shape index (κ1) is 25.8. The van der Waals surface area contributed by atoms with Crippen LogP contribution >= 0.6 is 0 Å². The third-order valence-electron chi connectivity index (χ3n) is 7.16. The number of aliphatic hydroxyl groups excluding tert-OH is 1. The first-order valence-electron chi connectivity index (χ1n) is 12.4. The lowest BCUT2D eigenvalue weighted by Gasteiger charge is -2.32. The summed E-state index contributed by atoms with van der Waals surface area (Å²) in [6.45, 7) is 1.94. The maximum Gasteiger partial charge on any atom is 0.433 e. The van der Waals surface area contributed by atoms with E-state index >= 15 is 0 Å². The standard InChI is InChI=1S/C28H26F4N4O2/c1-17-24(20-8-6-19(16-37)7-9-20)34-26-22(15-33-36(26)25(17)28(30,31)32)27(38)35-12-10-18(11-13-35)14-21-4-2-3-5-23(21)29/h2-9,15,18,37H,10-14,16H2,1H3. The number of aliphatic hydroxyl groups is 1. The van der Waals surface area contributed by atoms with Gasteiger partial charge in [-0.05, 0) is 49.3 Å². The molecule has 0 saturated carbocycles. The quantitative estimate of drug-likeness (QED) is 0.351. The number of carbonyl (C=O) groups excluding carboxylic acids is 1. The number of nitrogens with zero attached hydrogens (tertiary/aromatic N) is 4. The number of piperidine rings is 1. The molecule has 0 aliphatic carbocycles. The van der Waals surface area contributed by atoms with Crippen LogP contribution in [0.1, 0.15) is 45.6 Å². The van der Waals surface area contributed by atoms with E-state index in [9.17, 15) is 27.5 Å². The van der Waals surface area contributed by atoms with E-state index in [1.807, 2.05) is 0 Å². The highest BCUT2D eigenvalue weighted by molar-refractivity contribution is 6.00. The van der Waals surface area contributed by atoms with Gasteiger partial charge in [0.25, 0.3) is 5.91 Å². The van der Waals surface area contributed by atoms with Crippen molar-refractivity contribution in [1.82, 2.24) is 19.5 Å². The van der Waals surface area contributed by atoms with Gasteiger partial charge in [-0.15, -0.1) is 0 Å². The summed E-state index contributed by atoms with van der Waals surface area (Å²) in [6.07, 6.45) is -1.71. The molecule has 3 heterocycles. The summed E-state index contributed by atoms with van der Waals surface area (Å²) in [5.41, 5.74) is 0.498. The van der Waals surface area contributed by atoms with E-state index in [2.05, 4.69) is 10.1 Å². The maximum absolute atomic E-state index is 14.2. The van der Waals surface area contributed by atoms with Crippen molar-refractivity contribution in [3.63, 3.8) is 0 Å². The predicted molar refractivity (Wildman–Crippen MR) is 133 cm³/mol. The average molecular weight is 527 g/mol. The van der Waals surface area contributed by atoms with Crippen molar-refractivity contribution < 1.29 is 27.5 Å². The van der Waals surface area contributed by atoms with Gasteiger partial charge in [0.2, 0.25) is 0 Å². The number of rotatable bonds is 5. The second-order valence-electron chi connectivity index (χ2n) is 9.61. The Morgan fingerprint density at radius 3 is 2.39 bits per heavy atom. The van der Waals surface area contributed by atoms with Crippen LogP contribution < -0.4 is 0 Å². The molecule has 0 spiro atoms. The van der Waals surface area contributed by atoms with Gasteiger partial charge in [-0.25, -0.2) is 13.9 Å². The molecule has 10 heteroatoms. The van der Waals surface area contributed by atoms with E-state index in [4.69, 9.17) is 0 Å². The van der Waals surface area contributed by atoms with Crippen LogP contribution in [0.15, 0.2) is 54.7 Å². The summed E-state index contributed by atoms with van der Waals surface area (Å²) >= 11 is 0. The highest BCUT2D eigenvalue weighted by Gasteiger charge is 2.39. The number of hydrogen-bond donors (Lipinski definition) is 1. The van der Waals surface area contributed by atoms with Crippen molar-refractivity contribution in [2.45, 2.75) is 39.0 Å². The van der Waals surface area contributed by atoms with Gasteiger partial charge >= 0.3 is 6.18 Å². The summed E-state index contributed by atoms with van der Waals surface area (Å²) in [6, 6.07) is 13.0. The van der Waals surface area contributed by atoms with Crippen LogP contribution in [0, 0.1) is 18.7 Å². The number of likely N-dealkylation sites (tertiary alicyclic amines) is 1. The van der Waals surface area contributed by atoms with E-state index in [0.717, 1.165) is 6.20 Å². The minimum absolute atomic E-state index is 0.00344. The Balaban J connectivity index is 1.45. The van der Waals surface area contributed by atoms with Gasteiger partial charge < -0.3 is 10.0 Å². The van der Waals surface area contributed by atoms with Crippen molar-refractivity contribution >= 4 is 11.6 Å². The van der Waals surface area contributed by atoms with E-state index in [1.165, 1.54) is 13.0 Å². The molecular formula is C28H26F4N4O2. The van der Waals surface area contributed by atoms with Crippen LogP contribution in [-0.4, -0.2) is 43.6 Å². The molecule has 2 aromatic carbocycles. The number of benzene rings is 2. The Bertz CT molecular complexity index is 1470. The first-order chi connectivity index (χ1) is 18.2. The first-order valence-corrected chi connectivity index (χ1v) is 12.4. The molecule has 5 rings (SSSR count). The number of fused-ring (bicyclic) bond motifs is 1. The molecule has 4 aromatic rings. The molecule has 1 N–H and O–H groups in total. The second kappa shape index (κ2) is 10.2. The lowest BCUT2D eigenvalue weighted by Crippen LogP contribution is -2.39. The molecule has 1 amide bonds. The van der Waals surface area contributed by atoms with E-state index < -0.39 is 17.8 Å². The average Bonchev–Trinajstić information content (AvgIpc) is 3.32. The Morgan fingerprint density at radius 2 is 1.76 bits per heavy atom. The zero-order valence-electron chi connectivity index (χ0n) is 20.7. The number of hydrogen-bond acceptors (Lipinski definition) is 4. The summed E-state index contributed by atoms with van der Waals surface area (Å²) in [5.74, 6) is -0.484. The minimum atomic E-state index is -4.73. The molecule has 1 saturated heterocycles. The lowest BCUT2D eigenvalue weighted by atomic mass is 9.90. The van der Waals surface area contributed by atoms with Crippen molar-refractivity contribution in [2.24, 2.45) is 5.92 Å². The Kier molecular flexibility index (Phi) is 6.92. The largest absolute Gasteiger partial charge is 0.433 e. The number of halogens is 4. The SMILES string of the molecule is Cc1c(-c2ccc(CO)cc2)nc2c(C(=O)N3CCC(Cc4ccccc4F)CC3)cnn2c1C(F)(F)F. The van der Waals surface area contributed by atoms with Gasteiger partial charge in [-0.3, -0.25) is 4.79 Å². The summed E-state index contributed by atoms with van der Waals surface area (Å²) in [7, 11) is 0. The lowest BCUT2D eigenvalue weighted by molar-refractivity contribution is -0.143. The summed E-state index contributed by atoms with van der Waals surface area (Å²) < 4.78 is 57.2. The molecule has 38 heavy (non-hydrogen) atoms. The van der Waals surface area contributed by atoms with Gasteiger partial charge in [0.05, 0.1) is 18.5 Å². The number of carbonyl (C=O) groups is 1. The molecule has 1 fully saturated rings. The van der Waals surface area contributed by atoms with Gasteiger partial charge in [0, 0.05) is 24.2 Å². The third-order valence-corrected chi connectivity index (χ3v) is 7.16. The highest BCUT2D eigenvalue weighted by atomic mass is 19.4. The molecule has 198 valence electrons. The van der Waals surface area contributed by atoms with Crippen LogP contribution in [0.25, 0.3) is 16.9 Å². The zero-order chi connectivity index (χ0) is 27.0. The van der Waals surface area contributed by atoms with Gasteiger partial charge in [-0.2, -0.15) is 18.3 Å². The van der Waals surface area contributed by atoms with E-state index in [-0.39, 0.29) is 40.8 Å². The minimum Gasteiger partial charge on any atom is -0.392 e. The fourth-order valence-electron chi connectivity index (χ4n) is 5.09. The van der Waals surface area contributed by atoms with Gasteiger partial charge in [0.15, 0.2) is 11.3 Å². The molecule has 1 aliphatic rings. The topological polar surface area (TPSA) is 70.7 Å². The van der Waals surface area contributed by atoms with Crippen molar-refractivity contribution in [3.8, 4) is 11.3 Å². The smallest absolute Gasteiger partial charge is 0.392 e. The normalized spacial score (nSPS) is 14.8. The number of alkyl halides is 3. The second-order valence-corrected chi connectivity index (χ2v) is 9.61.